The van der Waals surface area contributed by atoms with Crippen molar-refractivity contribution in [2.75, 3.05) is 0 Å². The first kappa shape index (κ1) is 12.8. The van der Waals surface area contributed by atoms with E-state index in [1.807, 2.05) is 13.8 Å². The Labute approximate surface area is 96.8 Å². The predicted molar refractivity (Wildman–Crippen MR) is 60.6 cm³/mol. The van der Waals surface area contributed by atoms with E-state index in [0.29, 0.717) is 5.16 Å². The van der Waals surface area contributed by atoms with Crippen LogP contribution in [0.25, 0.3) is 0 Å². The van der Waals surface area contributed by atoms with Gasteiger partial charge in [0.15, 0.2) is 5.16 Å². The summed E-state index contributed by atoms with van der Waals surface area (Å²) in [6.45, 7) is 3.80. The van der Waals surface area contributed by atoms with Crippen molar-refractivity contribution in [1.82, 2.24) is 20.2 Å². The monoisotopic (exact) mass is 245 g/mol. The van der Waals surface area contributed by atoms with E-state index < -0.39 is 0 Å². The van der Waals surface area contributed by atoms with Crippen molar-refractivity contribution in [3.8, 4) is 0 Å². The van der Waals surface area contributed by atoms with E-state index in [9.17, 15) is 9.59 Å². The molecule has 1 atom stereocenters. The van der Waals surface area contributed by atoms with Crippen molar-refractivity contribution in [2.45, 2.75) is 24.3 Å². The molecule has 1 aromatic rings. The lowest BCUT2D eigenvalue weighted by atomic mass is 10.1. The van der Waals surface area contributed by atoms with Gasteiger partial charge in [-0.25, -0.2) is 15.7 Å². The topological polar surface area (TPSA) is 106 Å². The Kier molecular flexibility index (Phi) is 4.13. The number of aromatic amines is 1. The summed E-state index contributed by atoms with van der Waals surface area (Å²) in [7, 11) is 1.59. The molecule has 1 rings (SSSR count). The van der Waals surface area contributed by atoms with Gasteiger partial charge in [-0.15, -0.1) is 5.10 Å². The second-order valence-corrected chi connectivity index (χ2v) is 4.77. The zero-order chi connectivity index (χ0) is 12.3. The molecule has 4 N–H and O–H groups in total. The Hall–Kier alpha value is -1.28. The third kappa shape index (κ3) is 2.64. The molecule has 0 bridgehead atoms. The van der Waals surface area contributed by atoms with Crippen LogP contribution in [0.3, 0.4) is 0 Å². The Morgan fingerprint density at radius 1 is 1.62 bits per heavy atom. The van der Waals surface area contributed by atoms with Crippen LogP contribution in [0.15, 0.2) is 9.95 Å². The first-order chi connectivity index (χ1) is 7.47. The fraction of sp³-hybridized carbons (Fsp3) is 0.625. The van der Waals surface area contributed by atoms with Crippen molar-refractivity contribution >= 4 is 17.7 Å². The minimum Gasteiger partial charge on any atom is -0.293 e. The molecule has 0 saturated heterocycles. The van der Waals surface area contributed by atoms with Crippen molar-refractivity contribution in [1.29, 1.82) is 0 Å². The molecule has 16 heavy (non-hydrogen) atoms. The highest BCUT2D eigenvalue weighted by Crippen LogP contribution is 2.25. The standard InChI is InChI=1S/C8H15N5O2S/c1-4(2)5(6(14)10-9)16-8-12-11-7(15)13(8)3/h4-5H,9H2,1-3H3,(H,10,14)(H,11,15). The van der Waals surface area contributed by atoms with Gasteiger partial charge in [0.25, 0.3) is 0 Å². The molecule has 8 heteroatoms. The zero-order valence-corrected chi connectivity index (χ0v) is 10.2. The van der Waals surface area contributed by atoms with E-state index in [1.165, 1.54) is 16.3 Å². The Bertz CT molecular complexity index is 424. The van der Waals surface area contributed by atoms with Crippen LogP contribution < -0.4 is 17.0 Å². The highest BCUT2D eigenvalue weighted by atomic mass is 32.2. The van der Waals surface area contributed by atoms with E-state index in [1.54, 1.807) is 7.05 Å². The summed E-state index contributed by atoms with van der Waals surface area (Å²) in [5, 5.41) is 6.22. The maximum absolute atomic E-state index is 11.5. The van der Waals surface area contributed by atoms with Crippen LogP contribution >= 0.6 is 11.8 Å². The Morgan fingerprint density at radius 2 is 2.25 bits per heavy atom. The average Bonchev–Trinajstić information content (AvgIpc) is 2.55. The zero-order valence-electron chi connectivity index (χ0n) is 9.35. The molecular formula is C8H15N5O2S. The Morgan fingerprint density at radius 3 is 2.62 bits per heavy atom. The van der Waals surface area contributed by atoms with Gasteiger partial charge in [-0.05, 0) is 5.92 Å². The number of amides is 1. The third-order valence-corrected chi connectivity index (χ3v) is 3.67. The van der Waals surface area contributed by atoms with Crippen LogP contribution in [0.1, 0.15) is 13.8 Å². The van der Waals surface area contributed by atoms with E-state index in [2.05, 4.69) is 15.6 Å². The molecule has 1 unspecified atom stereocenters. The summed E-state index contributed by atoms with van der Waals surface area (Å²) >= 11 is 1.21. The lowest BCUT2D eigenvalue weighted by molar-refractivity contribution is -0.121. The number of nitrogens with two attached hydrogens (primary N) is 1. The summed E-state index contributed by atoms with van der Waals surface area (Å²) in [6, 6.07) is 0. The number of hydrazine groups is 1. The molecule has 0 aliphatic carbocycles. The molecule has 1 heterocycles. The van der Waals surface area contributed by atoms with E-state index in [0.717, 1.165) is 0 Å². The molecule has 0 aliphatic heterocycles. The highest BCUT2D eigenvalue weighted by Gasteiger charge is 2.24. The number of nitrogens with one attached hydrogen (secondary N) is 2. The van der Waals surface area contributed by atoms with Gasteiger partial charge in [-0.3, -0.25) is 14.8 Å². The van der Waals surface area contributed by atoms with Gasteiger partial charge in [0.1, 0.15) is 0 Å². The predicted octanol–water partition coefficient (Wildman–Crippen LogP) is -0.785. The number of hydrogen-bond donors (Lipinski definition) is 3. The number of rotatable bonds is 4. The maximum atomic E-state index is 11.5. The fourth-order valence-electron chi connectivity index (χ4n) is 1.13. The molecule has 0 fully saturated rings. The number of H-pyrrole nitrogens is 1. The van der Waals surface area contributed by atoms with Gasteiger partial charge in [-0.1, -0.05) is 25.6 Å². The van der Waals surface area contributed by atoms with E-state index in [-0.39, 0.29) is 22.8 Å². The minimum atomic E-state index is -0.376. The molecule has 0 saturated carbocycles. The summed E-state index contributed by atoms with van der Waals surface area (Å²) in [6.07, 6.45) is 0. The normalized spacial score (nSPS) is 12.8. The number of nitrogens with zero attached hydrogens (tertiary/aromatic N) is 2. The first-order valence-electron chi connectivity index (χ1n) is 4.76. The van der Waals surface area contributed by atoms with Crippen LogP contribution in [0.4, 0.5) is 0 Å². The molecule has 0 aliphatic rings. The van der Waals surface area contributed by atoms with Gasteiger partial charge in [0.05, 0.1) is 5.25 Å². The van der Waals surface area contributed by atoms with Crippen LogP contribution in [-0.2, 0) is 11.8 Å². The van der Waals surface area contributed by atoms with Crippen molar-refractivity contribution in [3.05, 3.63) is 10.5 Å². The molecule has 1 aromatic heterocycles. The van der Waals surface area contributed by atoms with Crippen molar-refractivity contribution in [3.63, 3.8) is 0 Å². The summed E-state index contributed by atoms with van der Waals surface area (Å²) in [5.74, 6) is 4.90. The summed E-state index contributed by atoms with van der Waals surface area (Å²) in [4.78, 5) is 22.6. The lowest BCUT2D eigenvalue weighted by Crippen LogP contribution is -2.40. The van der Waals surface area contributed by atoms with E-state index in [4.69, 9.17) is 5.84 Å². The molecular weight excluding hydrogens is 230 g/mol. The molecule has 90 valence electrons. The number of hydrogen-bond acceptors (Lipinski definition) is 5. The number of carbonyl (C=O) groups is 1. The van der Waals surface area contributed by atoms with Crippen LogP contribution in [0, 0.1) is 5.92 Å². The van der Waals surface area contributed by atoms with Gasteiger partial charge < -0.3 is 0 Å². The van der Waals surface area contributed by atoms with Gasteiger partial charge in [0.2, 0.25) is 5.91 Å². The average molecular weight is 245 g/mol. The van der Waals surface area contributed by atoms with Crippen molar-refractivity contribution < 1.29 is 4.79 Å². The van der Waals surface area contributed by atoms with Gasteiger partial charge in [-0.2, -0.15) is 0 Å². The molecule has 1 amide bonds. The maximum Gasteiger partial charge on any atom is 0.343 e. The smallest absolute Gasteiger partial charge is 0.293 e. The summed E-state index contributed by atoms with van der Waals surface area (Å²) < 4.78 is 1.35. The first-order valence-corrected chi connectivity index (χ1v) is 5.63. The number of aromatic nitrogens is 3. The highest BCUT2D eigenvalue weighted by molar-refractivity contribution is 8.00. The van der Waals surface area contributed by atoms with Crippen molar-refractivity contribution in [2.24, 2.45) is 18.8 Å². The minimum absolute atomic E-state index is 0.0837. The molecule has 0 spiro atoms. The summed E-state index contributed by atoms with van der Waals surface area (Å²) in [5.41, 5.74) is 1.80. The molecule has 7 nitrogen and oxygen atoms in total. The second-order valence-electron chi connectivity index (χ2n) is 3.66. The van der Waals surface area contributed by atoms with E-state index >= 15 is 0 Å². The largest absolute Gasteiger partial charge is 0.343 e. The quantitative estimate of drug-likeness (QED) is 0.279. The van der Waals surface area contributed by atoms with Crippen LogP contribution in [0.5, 0.6) is 0 Å². The lowest BCUT2D eigenvalue weighted by Gasteiger charge is -2.17. The Balaban J connectivity index is 2.88. The number of carbonyl (C=O) groups excluding carboxylic acids is 1. The number of thioether (sulfide) groups is 1. The molecule has 0 radical (unpaired) electrons. The van der Waals surface area contributed by atoms with Gasteiger partial charge >= 0.3 is 5.69 Å². The van der Waals surface area contributed by atoms with Crippen LogP contribution in [0.2, 0.25) is 0 Å². The fourth-order valence-corrected chi connectivity index (χ4v) is 2.14. The second kappa shape index (κ2) is 5.17. The SMILES string of the molecule is CC(C)C(Sc1n[nH]c(=O)n1C)C(=O)NN. The van der Waals surface area contributed by atoms with Crippen LogP contribution in [-0.4, -0.2) is 25.9 Å². The third-order valence-electron chi connectivity index (χ3n) is 2.08. The molecule has 0 aromatic carbocycles. The van der Waals surface area contributed by atoms with Gasteiger partial charge in [0, 0.05) is 7.05 Å².